The summed E-state index contributed by atoms with van der Waals surface area (Å²) in [6.07, 6.45) is 6.23. The van der Waals surface area contributed by atoms with Crippen molar-refractivity contribution >= 4 is 37.1 Å². The second-order valence-corrected chi connectivity index (χ2v) is 20.0. The lowest BCUT2D eigenvalue weighted by Crippen LogP contribution is -2.49. The van der Waals surface area contributed by atoms with Crippen molar-refractivity contribution in [3.63, 3.8) is 0 Å². The Morgan fingerprint density at radius 2 is 1.72 bits per heavy atom. The third-order valence-corrected chi connectivity index (χ3v) is 15.5. The topological polar surface area (TPSA) is 78.9 Å². The van der Waals surface area contributed by atoms with Gasteiger partial charge in [0.1, 0.15) is 12.2 Å². The normalized spacial score (nSPS) is 34.2. The number of carbonyl (C=O) groups is 3. The molecule has 3 rings (SSSR count). The molecule has 0 amide bonds. The highest BCUT2D eigenvalue weighted by Crippen LogP contribution is 2.51. The van der Waals surface area contributed by atoms with Gasteiger partial charge in [0.2, 0.25) is 5.24 Å². The van der Waals surface area contributed by atoms with E-state index in [1.54, 1.807) is 0 Å². The van der Waals surface area contributed by atoms with Crippen LogP contribution in [0.15, 0.2) is 0 Å². The third kappa shape index (κ3) is 7.88. The molecule has 3 fully saturated rings. The fourth-order valence-electron chi connectivity index (χ4n) is 6.68. The first kappa shape index (κ1) is 32.6. The summed E-state index contributed by atoms with van der Waals surface area (Å²) < 4.78 is 18.7. The maximum absolute atomic E-state index is 13.2. The minimum atomic E-state index is -2.00. The lowest BCUT2D eigenvalue weighted by Gasteiger charge is -2.50. The Balaban J connectivity index is 1.75. The number of esters is 2. The molecule has 1 aliphatic heterocycles. The first-order chi connectivity index (χ1) is 17.9. The Labute approximate surface area is 242 Å². The Morgan fingerprint density at radius 1 is 1.05 bits per heavy atom. The second-order valence-electron chi connectivity index (χ2n) is 14.8. The molecule has 8 heteroatoms. The largest absolute Gasteiger partial charge is 0.462 e. The van der Waals surface area contributed by atoms with E-state index in [9.17, 15) is 14.4 Å². The van der Waals surface area contributed by atoms with Crippen molar-refractivity contribution in [1.82, 2.24) is 0 Å². The van der Waals surface area contributed by atoms with Crippen molar-refractivity contribution in [2.45, 2.75) is 143 Å². The minimum absolute atomic E-state index is 0.0818. The van der Waals surface area contributed by atoms with Gasteiger partial charge in [-0.15, -0.1) is 0 Å². The zero-order chi connectivity index (χ0) is 29.3. The highest BCUT2D eigenvalue weighted by molar-refractivity contribution is 6.74. The molecule has 0 spiro atoms. The van der Waals surface area contributed by atoms with Crippen LogP contribution in [0.1, 0.15) is 106 Å². The SMILES string of the molecule is CCC(C)(C)C(=O)O[C@H]1C[C@@H](C(=O)Cl)C[C@@H]2CC[C@H](C)[C@H](CC[C@@H]3C[C@@H](O[Si](C)(C)C(C)(C)C)CC(=O)O3)[C@H]21. The van der Waals surface area contributed by atoms with E-state index in [4.69, 9.17) is 25.5 Å². The number of hydrogen-bond donors (Lipinski definition) is 0. The monoisotopic (exact) mass is 584 g/mol. The molecule has 2 saturated carbocycles. The Morgan fingerprint density at radius 3 is 2.31 bits per heavy atom. The first-order valence-corrected chi connectivity index (χ1v) is 18.5. The molecule has 0 aromatic heterocycles. The van der Waals surface area contributed by atoms with Gasteiger partial charge in [0.05, 0.1) is 17.9 Å². The van der Waals surface area contributed by atoms with Crippen molar-refractivity contribution in [2.24, 2.45) is 35.0 Å². The highest BCUT2D eigenvalue weighted by Gasteiger charge is 2.50. The van der Waals surface area contributed by atoms with E-state index in [1.165, 1.54) is 0 Å². The molecule has 0 unspecified atom stereocenters. The van der Waals surface area contributed by atoms with Gasteiger partial charge in [-0.3, -0.25) is 14.4 Å². The van der Waals surface area contributed by atoms with E-state index in [0.717, 1.165) is 38.5 Å². The van der Waals surface area contributed by atoms with Gasteiger partial charge in [0, 0.05) is 18.3 Å². The molecule has 0 radical (unpaired) electrons. The molecule has 0 aromatic carbocycles. The van der Waals surface area contributed by atoms with Crippen LogP contribution in [-0.2, 0) is 28.3 Å². The number of hydrogen-bond acceptors (Lipinski definition) is 6. The van der Waals surface area contributed by atoms with E-state index >= 15 is 0 Å². The van der Waals surface area contributed by atoms with E-state index in [-0.39, 0.29) is 52.4 Å². The summed E-state index contributed by atoms with van der Waals surface area (Å²) in [5, 5.41) is -0.236. The lowest BCUT2D eigenvalue weighted by atomic mass is 9.58. The molecular weight excluding hydrogens is 532 g/mol. The summed E-state index contributed by atoms with van der Waals surface area (Å²) in [6.45, 7) is 19.2. The van der Waals surface area contributed by atoms with Crippen LogP contribution in [0.25, 0.3) is 0 Å². The van der Waals surface area contributed by atoms with Gasteiger partial charge in [-0.2, -0.15) is 0 Å². The Bertz CT molecular complexity index is 896. The van der Waals surface area contributed by atoms with Crippen LogP contribution in [0, 0.1) is 35.0 Å². The fourth-order valence-corrected chi connectivity index (χ4v) is 8.22. The van der Waals surface area contributed by atoms with Crippen molar-refractivity contribution < 1.29 is 28.3 Å². The van der Waals surface area contributed by atoms with Crippen molar-refractivity contribution in [3.8, 4) is 0 Å². The van der Waals surface area contributed by atoms with Crippen LogP contribution in [0.4, 0.5) is 0 Å². The molecule has 0 bridgehead atoms. The minimum Gasteiger partial charge on any atom is -0.462 e. The molecule has 6 nitrogen and oxygen atoms in total. The zero-order valence-electron chi connectivity index (χ0n) is 25.8. The fraction of sp³-hybridized carbons (Fsp3) is 0.903. The van der Waals surface area contributed by atoms with Gasteiger partial charge in [-0.25, -0.2) is 0 Å². The van der Waals surface area contributed by atoms with Gasteiger partial charge in [0.15, 0.2) is 8.32 Å². The molecular formula is C31H53ClO6Si. The standard InChI is InChI=1S/C31H53ClO6Si/c1-10-31(6,7)29(35)37-25-16-21(28(32)34)15-20-12-11-19(2)24(27(20)25)14-13-22-17-23(18-26(33)36-22)38-39(8,9)30(3,4)5/h19-25,27H,10-18H2,1-9H3/t19-,20-,21-,22+,23+,24-,25-,27-/m0/s1. The summed E-state index contributed by atoms with van der Waals surface area (Å²) in [5.74, 6) is 0.665. The summed E-state index contributed by atoms with van der Waals surface area (Å²) in [4.78, 5) is 38.0. The number of rotatable bonds is 9. The smallest absolute Gasteiger partial charge is 0.311 e. The number of ether oxygens (including phenoxy) is 2. The molecule has 2 aliphatic carbocycles. The average molecular weight is 585 g/mol. The Kier molecular flexibility index (Phi) is 10.5. The van der Waals surface area contributed by atoms with E-state index < -0.39 is 13.7 Å². The summed E-state index contributed by atoms with van der Waals surface area (Å²) in [5.41, 5.74) is -0.571. The lowest BCUT2D eigenvalue weighted by molar-refractivity contribution is -0.175. The predicted molar refractivity (Wildman–Crippen MR) is 157 cm³/mol. The molecule has 0 N–H and O–H groups in total. The van der Waals surface area contributed by atoms with Crippen molar-refractivity contribution in [3.05, 3.63) is 0 Å². The van der Waals surface area contributed by atoms with Gasteiger partial charge < -0.3 is 13.9 Å². The van der Waals surface area contributed by atoms with Gasteiger partial charge in [-0.1, -0.05) is 41.0 Å². The van der Waals surface area contributed by atoms with Crippen LogP contribution in [0.5, 0.6) is 0 Å². The van der Waals surface area contributed by atoms with E-state index in [1.807, 2.05) is 20.8 Å². The highest BCUT2D eigenvalue weighted by atomic mass is 35.5. The predicted octanol–water partition coefficient (Wildman–Crippen LogP) is 7.66. The number of carbonyl (C=O) groups excluding carboxylic acids is 3. The van der Waals surface area contributed by atoms with Crippen molar-refractivity contribution in [2.75, 3.05) is 0 Å². The maximum atomic E-state index is 13.2. The van der Waals surface area contributed by atoms with Crippen LogP contribution >= 0.6 is 11.6 Å². The summed E-state index contributed by atoms with van der Waals surface area (Å²) in [7, 11) is -2.00. The molecule has 1 heterocycles. The summed E-state index contributed by atoms with van der Waals surface area (Å²) in [6, 6.07) is 0. The van der Waals surface area contributed by atoms with E-state index in [2.05, 4.69) is 40.8 Å². The number of fused-ring (bicyclic) bond motifs is 1. The van der Waals surface area contributed by atoms with Gasteiger partial charge >= 0.3 is 11.9 Å². The molecule has 0 aromatic rings. The summed E-state index contributed by atoms with van der Waals surface area (Å²) >= 11 is 6.00. The first-order valence-electron chi connectivity index (χ1n) is 15.2. The van der Waals surface area contributed by atoms with Gasteiger partial charge in [-0.05, 0) is 99.9 Å². The molecule has 1 saturated heterocycles. The van der Waals surface area contributed by atoms with Crippen LogP contribution < -0.4 is 0 Å². The quantitative estimate of drug-likeness (QED) is 0.157. The molecule has 3 aliphatic rings. The zero-order valence-corrected chi connectivity index (χ0v) is 27.6. The maximum Gasteiger partial charge on any atom is 0.311 e. The van der Waals surface area contributed by atoms with Crippen LogP contribution in [0.3, 0.4) is 0 Å². The van der Waals surface area contributed by atoms with Crippen LogP contribution in [0.2, 0.25) is 18.1 Å². The number of halogens is 1. The van der Waals surface area contributed by atoms with Crippen molar-refractivity contribution in [1.29, 1.82) is 0 Å². The third-order valence-electron chi connectivity index (χ3n) is 10.6. The molecule has 8 atom stereocenters. The average Bonchev–Trinajstić information content (AvgIpc) is 2.81. The van der Waals surface area contributed by atoms with Crippen LogP contribution in [-0.4, -0.2) is 43.8 Å². The molecule has 224 valence electrons. The van der Waals surface area contributed by atoms with E-state index in [0.29, 0.717) is 37.0 Å². The molecule has 39 heavy (non-hydrogen) atoms. The number of cyclic esters (lactones) is 1. The second kappa shape index (κ2) is 12.5. The van der Waals surface area contributed by atoms with Gasteiger partial charge in [0.25, 0.3) is 0 Å². The Hall–Kier alpha value is -0.923.